The maximum atomic E-state index is 13.0. The third-order valence-corrected chi connectivity index (χ3v) is 8.79. The fourth-order valence-electron chi connectivity index (χ4n) is 4.21. The van der Waals surface area contributed by atoms with E-state index in [0.717, 1.165) is 36.6 Å². The van der Waals surface area contributed by atoms with Crippen molar-refractivity contribution in [3.63, 3.8) is 0 Å². The van der Waals surface area contributed by atoms with Gasteiger partial charge in [0.25, 0.3) is 0 Å². The lowest BCUT2D eigenvalue weighted by atomic mass is 10.2. The standard InChI is InChI=1S/C20H28N4O3S2/c1-2-14-29(26,27)24-9-5-7-17(24)20(25)23-12-10-22(11-13-23)15-19-21-16-6-3-4-8-18(16)28-19/h3-4,6,8,17H,2,5,7,9-15H2,1H3. The first kappa shape index (κ1) is 20.7. The zero-order valence-electron chi connectivity index (χ0n) is 16.8. The maximum absolute atomic E-state index is 13.0. The molecule has 158 valence electrons. The number of amides is 1. The number of carbonyl (C=O) groups is 1. The highest BCUT2D eigenvalue weighted by molar-refractivity contribution is 7.89. The number of para-hydroxylation sites is 1. The van der Waals surface area contributed by atoms with E-state index in [9.17, 15) is 13.2 Å². The topological polar surface area (TPSA) is 73.8 Å². The molecular formula is C20H28N4O3S2. The lowest BCUT2D eigenvalue weighted by molar-refractivity contribution is -0.136. The van der Waals surface area contributed by atoms with Crippen LogP contribution in [0.4, 0.5) is 0 Å². The molecular weight excluding hydrogens is 408 g/mol. The van der Waals surface area contributed by atoms with Gasteiger partial charge in [-0.05, 0) is 31.4 Å². The summed E-state index contributed by atoms with van der Waals surface area (Å²) in [5, 5.41) is 1.10. The van der Waals surface area contributed by atoms with Crippen molar-refractivity contribution in [3.8, 4) is 0 Å². The van der Waals surface area contributed by atoms with Crippen molar-refractivity contribution in [2.45, 2.75) is 38.8 Å². The Balaban J connectivity index is 1.34. The predicted octanol–water partition coefficient (Wildman–Crippen LogP) is 2.14. The molecule has 1 aromatic carbocycles. The van der Waals surface area contributed by atoms with E-state index >= 15 is 0 Å². The molecule has 3 heterocycles. The number of benzene rings is 1. The molecule has 1 amide bonds. The van der Waals surface area contributed by atoms with Crippen molar-refractivity contribution < 1.29 is 13.2 Å². The molecule has 1 atom stereocenters. The lowest BCUT2D eigenvalue weighted by Crippen LogP contribution is -2.54. The average molecular weight is 437 g/mol. The Morgan fingerprint density at radius 3 is 2.66 bits per heavy atom. The zero-order chi connectivity index (χ0) is 20.4. The number of thiazole rings is 1. The summed E-state index contributed by atoms with van der Waals surface area (Å²) in [6.07, 6.45) is 1.97. The molecule has 1 unspecified atom stereocenters. The lowest BCUT2D eigenvalue weighted by Gasteiger charge is -2.36. The summed E-state index contributed by atoms with van der Waals surface area (Å²) in [5.74, 6) is 0.0917. The molecule has 2 saturated heterocycles. The summed E-state index contributed by atoms with van der Waals surface area (Å²) in [6, 6.07) is 7.64. The second kappa shape index (κ2) is 8.67. The van der Waals surface area contributed by atoms with Gasteiger partial charge in [0, 0.05) is 32.7 Å². The van der Waals surface area contributed by atoms with Crippen LogP contribution >= 0.6 is 11.3 Å². The molecule has 7 nitrogen and oxygen atoms in total. The van der Waals surface area contributed by atoms with Crippen LogP contribution in [0.25, 0.3) is 10.2 Å². The minimum atomic E-state index is -3.34. The van der Waals surface area contributed by atoms with Gasteiger partial charge in [0.1, 0.15) is 11.0 Å². The highest BCUT2D eigenvalue weighted by Gasteiger charge is 2.40. The number of carbonyl (C=O) groups excluding carboxylic acids is 1. The van der Waals surface area contributed by atoms with Gasteiger partial charge in [-0.1, -0.05) is 19.1 Å². The fourth-order valence-corrected chi connectivity index (χ4v) is 6.96. The zero-order valence-corrected chi connectivity index (χ0v) is 18.4. The van der Waals surface area contributed by atoms with Gasteiger partial charge in [0.15, 0.2) is 0 Å². The van der Waals surface area contributed by atoms with Crippen molar-refractivity contribution in [2.75, 3.05) is 38.5 Å². The van der Waals surface area contributed by atoms with E-state index in [1.807, 2.05) is 30.0 Å². The number of aromatic nitrogens is 1. The van der Waals surface area contributed by atoms with Gasteiger partial charge in [-0.15, -0.1) is 11.3 Å². The quantitative estimate of drug-likeness (QED) is 0.694. The van der Waals surface area contributed by atoms with E-state index in [0.29, 0.717) is 32.5 Å². The number of piperazine rings is 1. The molecule has 2 aliphatic rings. The summed E-state index contributed by atoms with van der Waals surface area (Å²) in [4.78, 5) is 21.9. The van der Waals surface area contributed by atoms with E-state index in [2.05, 4.69) is 11.0 Å². The summed E-state index contributed by atoms with van der Waals surface area (Å²) < 4.78 is 27.7. The second-order valence-corrected chi connectivity index (χ2v) is 10.9. The van der Waals surface area contributed by atoms with Crippen molar-refractivity contribution in [1.29, 1.82) is 0 Å². The monoisotopic (exact) mass is 436 g/mol. The van der Waals surface area contributed by atoms with Gasteiger partial charge < -0.3 is 4.90 Å². The largest absolute Gasteiger partial charge is 0.339 e. The molecule has 0 saturated carbocycles. The number of fused-ring (bicyclic) bond motifs is 1. The van der Waals surface area contributed by atoms with E-state index < -0.39 is 16.1 Å². The maximum Gasteiger partial charge on any atom is 0.241 e. The normalized spacial score (nSPS) is 21.8. The van der Waals surface area contributed by atoms with Crippen molar-refractivity contribution in [1.82, 2.24) is 19.1 Å². The molecule has 2 fully saturated rings. The Bertz CT molecular complexity index is 934. The van der Waals surface area contributed by atoms with E-state index in [-0.39, 0.29) is 11.7 Å². The van der Waals surface area contributed by atoms with Crippen LogP contribution in [-0.4, -0.2) is 77.9 Å². The van der Waals surface area contributed by atoms with Gasteiger partial charge in [-0.2, -0.15) is 4.31 Å². The van der Waals surface area contributed by atoms with E-state index in [4.69, 9.17) is 4.98 Å². The number of hydrogen-bond donors (Lipinski definition) is 0. The average Bonchev–Trinajstić information content (AvgIpc) is 3.35. The third kappa shape index (κ3) is 4.47. The molecule has 2 aromatic rings. The molecule has 2 aliphatic heterocycles. The number of rotatable bonds is 6. The highest BCUT2D eigenvalue weighted by Crippen LogP contribution is 2.25. The molecule has 0 bridgehead atoms. The molecule has 29 heavy (non-hydrogen) atoms. The van der Waals surface area contributed by atoms with Crippen LogP contribution in [0, 0.1) is 0 Å². The third-order valence-electron chi connectivity index (χ3n) is 5.69. The Morgan fingerprint density at radius 1 is 1.17 bits per heavy atom. The van der Waals surface area contributed by atoms with Gasteiger partial charge in [-0.3, -0.25) is 9.69 Å². The van der Waals surface area contributed by atoms with Crippen LogP contribution in [0.5, 0.6) is 0 Å². The van der Waals surface area contributed by atoms with E-state index in [1.54, 1.807) is 11.3 Å². The van der Waals surface area contributed by atoms with Crippen LogP contribution in [-0.2, 0) is 21.4 Å². The summed E-state index contributed by atoms with van der Waals surface area (Å²) in [7, 11) is -3.34. The predicted molar refractivity (Wildman–Crippen MR) is 115 cm³/mol. The summed E-state index contributed by atoms with van der Waals surface area (Å²) in [5.41, 5.74) is 1.04. The Hall–Kier alpha value is -1.55. The van der Waals surface area contributed by atoms with Crippen LogP contribution in [0.1, 0.15) is 31.2 Å². The molecule has 0 radical (unpaired) electrons. The number of sulfonamides is 1. The Labute approximate surface area is 176 Å². The van der Waals surface area contributed by atoms with Gasteiger partial charge in [0.2, 0.25) is 15.9 Å². The second-order valence-electron chi connectivity index (χ2n) is 7.76. The van der Waals surface area contributed by atoms with Gasteiger partial charge >= 0.3 is 0 Å². The van der Waals surface area contributed by atoms with E-state index in [1.165, 1.54) is 9.01 Å². The molecule has 9 heteroatoms. The van der Waals surface area contributed by atoms with Crippen LogP contribution < -0.4 is 0 Å². The summed E-state index contributed by atoms with van der Waals surface area (Å²) in [6.45, 7) is 5.98. The van der Waals surface area contributed by atoms with Gasteiger partial charge in [0.05, 0.1) is 22.5 Å². The summed E-state index contributed by atoms with van der Waals surface area (Å²) >= 11 is 1.72. The minimum absolute atomic E-state index is 0.0261. The van der Waals surface area contributed by atoms with Crippen molar-refractivity contribution in [3.05, 3.63) is 29.3 Å². The highest BCUT2D eigenvalue weighted by atomic mass is 32.2. The van der Waals surface area contributed by atoms with Crippen molar-refractivity contribution in [2.24, 2.45) is 0 Å². The Morgan fingerprint density at radius 2 is 1.93 bits per heavy atom. The van der Waals surface area contributed by atoms with Crippen LogP contribution in [0.15, 0.2) is 24.3 Å². The smallest absolute Gasteiger partial charge is 0.241 e. The number of hydrogen-bond acceptors (Lipinski definition) is 6. The van der Waals surface area contributed by atoms with Gasteiger partial charge in [-0.25, -0.2) is 13.4 Å². The number of nitrogens with zero attached hydrogens (tertiary/aromatic N) is 4. The fraction of sp³-hybridized carbons (Fsp3) is 0.600. The first-order valence-corrected chi connectivity index (χ1v) is 12.8. The first-order chi connectivity index (χ1) is 14.0. The van der Waals surface area contributed by atoms with Crippen LogP contribution in [0.2, 0.25) is 0 Å². The molecule has 4 rings (SSSR count). The SMILES string of the molecule is CCCS(=O)(=O)N1CCCC1C(=O)N1CCN(Cc2nc3ccccc3s2)CC1. The first-order valence-electron chi connectivity index (χ1n) is 10.3. The van der Waals surface area contributed by atoms with Crippen LogP contribution in [0.3, 0.4) is 0 Å². The molecule has 0 N–H and O–H groups in total. The molecule has 1 aromatic heterocycles. The minimum Gasteiger partial charge on any atom is -0.339 e. The Kier molecular flexibility index (Phi) is 6.19. The molecule has 0 aliphatic carbocycles. The van der Waals surface area contributed by atoms with Crippen molar-refractivity contribution >= 4 is 37.5 Å². The molecule has 0 spiro atoms.